The lowest BCUT2D eigenvalue weighted by molar-refractivity contribution is -0.704. The molecule has 0 bridgehead atoms. The van der Waals surface area contributed by atoms with E-state index in [1.165, 1.54) is 108 Å². The van der Waals surface area contributed by atoms with Crippen LogP contribution < -0.4 is 4.57 Å². The quantitative estimate of drug-likeness (QED) is 0.193. The first kappa shape index (κ1) is 23.7. The number of aromatic nitrogens is 2. The number of benzene rings is 1. The predicted octanol–water partition coefficient (Wildman–Crippen LogP) is 7.48. The maximum Gasteiger partial charge on any atom is 0.256 e. The van der Waals surface area contributed by atoms with Gasteiger partial charge in [0, 0.05) is 6.42 Å². The monoisotopic (exact) mass is 397 g/mol. The third kappa shape index (κ3) is 9.65. The summed E-state index contributed by atoms with van der Waals surface area (Å²) in [6.07, 6.45) is 23.7. The normalized spacial score (nSPS) is 11.2. The summed E-state index contributed by atoms with van der Waals surface area (Å²) in [5.41, 5.74) is 1.40. The molecule has 0 spiro atoms. The number of hydrogen-bond acceptors (Lipinski definition) is 0. The van der Waals surface area contributed by atoms with Crippen molar-refractivity contribution in [2.24, 2.45) is 0 Å². The Morgan fingerprint density at radius 2 is 1.28 bits per heavy atom. The molecular formula is C27H45N2+. The van der Waals surface area contributed by atoms with Crippen LogP contribution in [0.5, 0.6) is 0 Å². The topological polar surface area (TPSA) is 8.81 Å². The average molecular weight is 398 g/mol. The van der Waals surface area contributed by atoms with Crippen molar-refractivity contribution < 1.29 is 4.57 Å². The van der Waals surface area contributed by atoms with Crippen molar-refractivity contribution in [1.82, 2.24) is 4.57 Å². The van der Waals surface area contributed by atoms with Gasteiger partial charge in [0.05, 0.1) is 6.54 Å². The molecule has 0 aliphatic heterocycles. The minimum absolute atomic E-state index is 0.996. The summed E-state index contributed by atoms with van der Waals surface area (Å²) in [5.74, 6) is 1.52. The Balaban J connectivity index is 1.85. The molecule has 0 N–H and O–H groups in total. The summed E-state index contributed by atoms with van der Waals surface area (Å²) in [6, 6.07) is 10.9. The number of aryl methyl sites for hydroxylation is 1. The van der Waals surface area contributed by atoms with Crippen LogP contribution in [0.15, 0.2) is 42.7 Å². The van der Waals surface area contributed by atoms with Gasteiger partial charge in [-0.3, -0.25) is 0 Å². The zero-order valence-electron chi connectivity index (χ0n) is 19.2. The molecule has 29 heavy (non-hydrogen) atoms. The Hall–Kier alpha value is -1.57. The second-order valence-corrected chi connectivity index (χ2v) is 8.66. The van der Waals surface area contributed by atoms with Gasteiger partial charge in [-0.1, -0.05) is 108 Å². The Labute approximate surface area is 180 Å². The first-order valence-corrected chi connectivity index (χ1v) is 12.5. The highest BCUT2D eigenvalue weighted by Gasteiger charge is 2.16. The summed E-state index contributed by atoms with van der Waals surface area (Å²) in [4.78, 5) is 0. The Kier molecular flexibility index (Phi) is 12.5. The zero-order valence-corrected chi connectivity index (χ0v) is 19.2. The molecule has 0 aliphatic carbocycles. The fourth-order valence-electron chi connectivity index (χ4n) is 4.22. The molecule has 0 radical (unpaired) electrons. The Bertz CT molecular complexity index is 629. The predicted molar refractivity (Wildman–Crippen MR) is 125 cm³/mol. The van der Waals surface area contributed by atoms with Crippen LogP contribution in [-0.2, 0) is 19.5 Å². The van der Waals surface area contributed by atoms with Gasteiger partial charge in [0.2, 0.25) is 0 Å². The number of unbranched alkanes of at least 4 members (excludes halogenated alkanes) is 11. The fourth-order valence-corrected chi connectivity index (χ4v) is 4.22. The molecule has 0 saturated heterocycles. The molecule has 1 aromatic carbocycles. The second kappa shape index (κ2) is 15.3. The molecule has 1 aromatic heterocycles. The molecule has 1 heterocycles. The van der Waals surface area contributed by atoms with Crippen LogP contribution >= 0.6 is 0 Å². The molecule has 0 aliphatic rings. The van der Waals surface area contributed by atoms with Gasteiger partial charge in [-0.15, -0.1) is 0 Å². The van der Waals surface area contributed by atoms with E-state index in [-0.39, 0.29) is 0 Å². The van der Waals surface area contributed by atoms with E-state index in [9.17, 15) is 0 Å². The molecule has 2 aromatic rings. The van der Waals surface area contributed by atoms with E-state index in [2.05, 4.69) is 65.7 Å². The van der Waals surface area contributed by atoms with Gasteiger partial charge in [-0.2, -0.15) is 0 Å². The summed E-state index contributed by atoms with van der Waals surface area (Å²) in [6.45, 7) is 6.76. The van der Waals surface area contributed by atoms with Crippen LogP contribution in [0.3, 0.4) is 0 Å². The number of hydrogen-bond donors (Lipinski definition) is 0. The molecule has 2 nitrogen and oxygen atoms in total. The van der Waals surface area contributed by atoms with Crippen LogP contribution in [0, 0.1) is 0 Å². The average Bonchev–Trinajstić information content (AvgIpc) is 3.12. The van der Waals surface area contributed by atoms with Crippen molar-refractivity contribution in [2.45, 2.75) is 117 Å². The van der Waals surface area contributed by atoms with E-state index < -0.39 is 0 Å². The molecule has 0 fully saturated rings. The molecule has 162 valence electrons. The van der Waals surface area contributed by atoms with Crippen LogP contribution in [-0.4, -0.2) is 4.57 Å². The SMILES string of the molecule is CCCCCCCCCCc1n(Cc2ccccc2)cc[n+]1CCCCCCC. The van der Waals surface area contributed by atoms with Crippen molar-refractivity contribution in [3.05, 3.63) is 54.1 Å². The molecule has 2 rings (SSSR count). The summed E-state index contributed by atoms with van der Waals surface area (Å²) < 4.78 is 5.03. The first-order chi connectivity index (χ1) is 14.3. The lowest BCUT2D eigenvalue weighted by atomic mass is 10.1. The Morgan fingerprint density at radius 3 is 1.93 bits per heavy atom. The van der Waals surface area contributed by atoms with Gasteiger partial charge in [0.15, 0.2) is 0 Å². The maximum absolute atomic E-state index is 2.54. The third-order valence-electron chi connectivity index (χ3n) is 6.04. The minimum atomic E-state index is 0.996. The van der Waals surface area contributed by atoms with E-state index in [1.807, 2.05) is 0 Å². The molecule has 2 heteroatoms. The van der Waals surface area contributed by atoms with Gasteiger partial charge in [0.25, 0.3) is 5.82 Å². The smallest absolute Gasteiger partial charge is 0.234 e. The van der Waals surface area contributed by atoms with E-state index in [0.29, 0.717) is 0 Å². The van der Waals surface area contributed by atoms with Crippen molar-refractivity contribution in [2.75, 3.05) is 0 Å². The van der Waals surface area contributed by atoms with Crippen molar-refractivity contribution in [3.8, 4) is 0 Å². The first-order valence-electron chi connectivity index (χ1n) is 12.5. The molecule has 0 unspecified atom stereocenters. The number of nitrogens with zero attached hydrogens (tertiary/aromatic N) is 2. The van der Waals surface area contributed by atoms with Crippen LogP contribution in [0.4, 0.5) is 0 Å². The van der Waals surface area contributed by atoms with E-state index >= 15 is 0 Å². The van der Waals surface area contributed by atoms with Crippen LogP contribution in [0.1, 0.15) is 109 Å². The highest BCUT2D eigenvalue weighted by atomic mass is 15.1. The van der Waals surface area contributed by atoms with Crippen LogP contribution in [0.25, 0.3) is 0 Å². The minimum Gasteiger partial charge on any atom is -0.234 e. The highest BCUT2D eigenvalue weighted by molar-refractivity contribution is 5.15. The van der Waals surface area contributed by atoms with Crippen molar-refractivity contribution in [1.29, 1.82) is 0 Å². The Morgan fingerprint density at radius 1 is 0.690 bits per heavy atom. The summed E-state index contributed by atoms with van der Waals surface area (Å²) in [5, 5.41) is 0. The van der Waals surface area contributed by atoms with E-state index in [1.54, 1.807) is 0 Å². The standard InChI is InChI=1S/C27H45N2/c1-3-5-7-9-10-11-12-17-21-27-28(22-18-13-8-6-4-2)23-24-29(27)25-26-19-15-14-16-20-26/h14-16,19-20,23-24H,3-13,17-18,21-22,25H2,1-2H3/q+1. The lowest BCUT2D eigenvalue weighted by Gasteiger charge is -2.07. The largest absolute Gasteiger partial charge is 0.256 e. The lowest BCUT2D eigenvalue weighted by Crippen LogP contribution is -2.37. The van der Waals surface area contributed by atoms with Gasteiger partial charge in [-0.05, 0) is 24.8 Å². The van der Waals surface area contributed by atoms with Gasteiger partial charge in [0.1, 0.15) is 18.9 Å². The van der Waals surface area contributed by atoms with E-state index in [0.717, 1.165) is 6.54 Å². The molecule has 0 atom stereocenters. The summed E-state index contributed by atoms with van der Waals surface area (Å²) in [7, 11) is 0. The molecular weight excluding hydrogens is 352 g/mol. The van der Waals surface area contributed by atoms with Gasteiger partial charge >= 0.3 is 0 Å². The highest BCUT2D eigenvalue weighted by Crippen LogP contribution is 2.12. The molecule has 0 amide bonds. The fraction of sp³-hybridized carbons (Fsp3) is 0.667. The summed E-state index contributed by atoms with van der Waals surface area (Å²) >= 11 is 0. The van der Waals surface area contributed by atoms with E-state index in [4.69, 9.17) is 0 Å². The zero-order chi connectivity index (χ0) is 20.6. The number of rotatable bonds is 17. The van der Waals surface area contributed by atoms with Crippen LogP contribution in [0.2, 0.25) is 0 Å². The third-order valence-corrected chi connectivity index (χ3v) is 6.04. The second-order valence-electron chi connectivity index (χ2n) is 8.66. The maximum atomic E-state index is 2.54. The van der Waals surface area contributed by atoms with Gasteiger partial charge in [-0.25, -0.2) is 9.13 Å². The van der Waals surface area contributed by atoms with Gasteiger partial charge < -0.3 is 0 Å². The number of imidazole rings is 1. The molecule has 0 saturated carbocycles. The van der Waals surface area contributed by atoms with Crippen molar-refractivity contribution in [3.63, 3.8) is 0 Å². The van der Waals surface area contributed by atoms with Crippen molar-refractivity contribution >= 4 is 0 Å².